The van der Waals surface area contributed by atoms with Crippen molar-refractivity contribution in [2.75, 3.05) is 13.2 Å². The molecular formula is C64H123NO5. The Kier molecular flexibility index (Phi) is 58.5. The molecule has 0 rings (SSSR count). The molecule has 0 saturated carbocycles. The summed E-state index contributed by atoms with van der Waals surface area (Å²) in [5.74, 6) is -0.0330. The Morgan fingerprint density at radius 1 is 0.400 bits per heavy atom. The first-order valence-corrected chi connectivity index (χ1v) is 31.6. The third-order valence-corrected chi connectivity index (χ3v) is 14.8. The van der Waals surface area contributed by atoms with Crippen molar-refractivity contribution in [3.63, 3.8) is 0 Å². The highest BCUT2D eigenvalue weighted by atomic mass is 16.5. The van der Waals surface area contributed by atoms with E-state index < -0.39 is 12.1 Å². The van der Waals surface area contributed by atoms with Crippen molar-refractivity contribution in [2.45, 2.75) is 360 Å². The number of unbranched alkanes of at least 4 members (excludes halogenated alkanes) is 44. The highest BCUT2D eigenvalue weighted by Gasteiger charge is 2.20. The molecule has 0 aliphatic carbocycles. The van der Waals surface area contributed by atoms with Gasteiger partial charge in [0.25, 0.3) is 0 Å². The van der Waals surface area contributed by atoms with E-state index >= 15 is 0 Å². The van der Waals surface area contributed by atoms with Crippen LogP contribution in [0.3, 0.4) is 0 Å². The Hall–Kier alpha value is -1.66. The number of ether oxygens (including phenoxy) is 1. The molecule has 0 radical (unpaired) electrons. The molecule has 0 aliphatic heterocycles. The molecule has 0 aliphatic rings. The molecule has 414 valence electrons. The van der Waals surface area contributed by atoms with Gasteiger partial charge in [0.15, 0.2) is 0 Å². The maximum absolute atomic E-state index is 12.5. The van der Waals surface area contributed by atoms with Gasteiger partial charge in [-0.15, -0.1) is 0 Å². The molecule has 6 heteroatoms. The Morgan fingerprint density at radius 3 is 1.09 bits per heavy atom. The minimum absolute atomic E-state index is 0.0109. The van der Waals surface area contributed by atoms with E-state index in [2.05, 4.69) is 43.5 Å². The van der Waals surface area contributed by atoms with Crippen molar-refractivity contribution in [1.82, 2.24) is 5.32 Å². The van der Waals surface area contributed by atoms with E-state index in [1.807, 2.05) is 0 Å². The minimum Gasteiger partial charge on any atom is -0.466 e. The Bertz CT molecular complexity index is 1090. The van der Waals surface area contributed by atoms with Crippen LogP contribution in [0, 0.1) is 0 Å². The van der Waals surface area contributed by atoms with Gasteiger partial charge in [0.05, 0.1) is 25.4 Å². The van der Waals surface area contributed by atoms with Gasteiger partial charge in [-0.3, -0.25) is 9.59 Å². The Labute approximate surface area is 437 Å². The average Bonchev–Trinajstić information content (AvgIpc) is 3.36. The summed E-state index contributed by atoms with van der Waals surface area (Å²) >= 11 is 0. The van der Waals surface area contributed by atoms with E-state index in [1.54, 1.807) is 0 Å². The van der Waals surface area contributed by atoms with Crippen LogP contribution in [0.15, 0.2) is 24.3 Å². The summed E-state index contributed by atoms with van der Waals surface area (Å²) in [5, 5.41) is 23.3. The first-order valence-electron chi connectivity index (χ1n) is 31.6. The van der Waals surface area contributed by atoms with Crippen LogP contribution in [0.5, 0.6) is 0 Å². The smallest absolute Gasteiger partial charge is 0.305 e. The molecule has 0 heterocycles. The van der Waals surface area contributed by atoms with Gasteiger partial charge in [0, 0.05) is 12.8 Å². The van der Waals surface area contributed by atoms with Gasteiger partial charge in [0.1, 0.15) is 0 Å². The van der Waals surface area contributed by atoms with E-state index in [4.69, 9.17) is 4.74 Å². The second kappa shape index (κ2) is 59.9. The molecule has 2 atom stereocenters. The fourth-order valence-corrected chi connectivity index (χ4v) is 9.91. The zero-order valence-corrected chi connectivity index (χ0v) is 47.3. The molecule has 1 amide bonds. The number of carbonyl (C=O) groups excluding carboxylic acids is 2. The predicted octanol–water partition coefficient (Wildman–Crippen LogP) is 19.8. The number of aliphatic hydroxyl groups excluding tert-OH is 2. The number of aliphatic hydroxyl groups is 2. The Morgan fingerprint density at radius 2 is 0.714 bits per heavy atom. The van der Waals surface area contributed by atoms with Gasteiger partial charge in [-0.1, -0.05) is 301 Å². The average molecular weight is 987 g/mol. The van der Waals surface area contributed by atoms with Crippen LogP contribution in [-0.2, 0) is 14.3 Å². The second-order valence-corrected chi connectivity index (χ2v) is 21.7. The zero-order valence-electron chi connectivity index (χ0n) is 47.3. The van der Waals surface area contributed by atoms with E-state index in [9.17, 15) is 19.8 Å². The van der Waals surface area contributed by atoms with Crippen molar-refractivity contribution in [1.29, 1.82) is 0 Å². The summed E-state index contributed by atoms with van der Waals surface area (Å²) in [6.45, 7) is 4.97. The van der Waals surface area contributed by atoms with Crippen LogP contribution >= 0.6 is 0 Å². The number of nitrogens with one attached hydrogen (secondary N) is 1. The van der Waals surface area contributed by atoms with Gasteiger partial charge >= 0.3 is 5.97 Å². The molecule has 0 aromatic heterocycles. The largest absolute Gasteiger partial charge is 0.466 e. The molecular weight excluding hydrogens is 863 g/mol. The number of carbonyl (C=O) groups is 2. The van der Waals surface area contributed by atoms with Crippen molar-refractivity contribution >= 4 is 11.9 Å². The molecule has 0 aromatic carbocycles. The van der Waals surface area contributed by atoms with Gasteiger partial charge in [-0.05, 0) is 57.8 Å². The molecule has 2 unspecified atom stereocenters. The summed E-state index contributed by atoms with van der Waals surface area (Å²) in [5.41, 5.74) is 0. The molecule has 0 bridgehead atoms. The number of hydrogen-bond acceptors (Lipinski definition) is 5. The van der Waals surface area contributed by atoms with Crippen LogP contribution in [0.2, 0.25) is 0 Å². The SMILES string of the molecule is CCCCCCCCCCCCCCCCCCC(=O)OCCCCCCCCCCC/C=C\C/C=C\CCCCCCCCCC(=O)NC(CO)C(O)CCCCCCCCCCCCCCCC. The van der Waals surface area contributed by atoms with Crippen LogP contribution < -0.4 is 5.32 Å². The lowest BCUT2D eigenvalue weighted by Gasteiger charge is -2.22. The minimum atomic E-state index is -0.670. The van der Waals surface area contributed by atoms with Crippen molar-refractivity contribution in [3.8, 4) is 0 Å². The molecule has 70 heavy (non-hydrogen) atoms. The molecule has 0 saturated heterocycles. The van der Waals surface area contributed by atoms with Gasteiger partial charge in [-0.25, -0.2) is 0 Å². The van der Waals surface area contributed by atoms with Gasteiger partial charge < -0.3 is 20.3 Å². The topological polar surface area (TPSA) is 95.9 Å². The number of rotatable bonds is 59. The van der Waals surface area contributed by atoms with Crippen molar-refractivity contribution in [2.24, 2.45) is 0 Å². The lowest BCUT2D eigenvalue weighted by atomic mass is 10.0. The zero-order chi connectivity index (χ0) is 50.7. The van der Waals surface area contributed by atoms with Gasteiger partial charge in [0.2, 0.25) is 5.91 Å². The fourth-order valence-electron chi connectivity index (χ4n) is 9.91. The summed E-state index contributed by atoms with van der Waals surface area (Å²) in [7, 11) is 0. The molecule has 0 fully saturated rings. The Balaban J connectivity index is 3.42. The number of esters is 1. The predicted molar refractivity (Wildman–Crippen MR) is 306 cm³/mol. The fraction of sp³-hybridized carbons (Fsp3) is 0.906. The third-order valence-electron chi connectivity index (χ3n) is 14.8. The van der Waals surface area contributed by atoms with Crippen molar-refractivity contribution in [3.05, 3.63) is 24.3 Å². The molecule has 0 aromatic rings. The summed E-state index contributed by atoms with van der Waals surface area (Å²) in [6, 6.07) is -0.548. The van der Waals surface area contributed by atoms with Crippen LogP contribution in [0.4, 0.5) is 0 Å². The lowest BCUT2D eigenvalue weighted by Crippen LogP contribution is -2.45. The van der Waals surface area contributed by atoms with E-state index in [0.29, 0.717) is 25.9 Å². The summed E-state index contributed by atoms with van der Waals surface area (Å²) in [4.78, 5) is 24.5. The number of hydrogen-bond donors (Lipinski definition) is 3. The van der Waals surface area contributed by atoms with E-state index in [-0.39, 0.29) is 18.5 Å². The van der Waals surface area contributed by atoms with Crippen molar-refractivity contribution < 1.29 is 24.5 Å². The number of amides is 1. The highest BCUT2D eigenvalue weighted by Crippen LogP contribution is 2.18. The van der Waals surface area contributed by atoms with Crippen LogP contribution in [0.1, 0.15) is 348 Å². The van der Waals surface area contributed by atoms with Gasteiger partial charge in [-0.2, -0.15) is 0 Å². The molecule has 6 nitrogen and oxygen atoms in total. The standard InChI is InChI=1S/C64H123NO5/c1-3-5-7-9-11-13-15-17-19-30-34-38-42-46-50-54-58-64(69)70-59-55-51-47-43-39-35-31-28-26-24-22-20-21-23-25-27-29-33-37-41-45-49-53-57-63(68)65-61(60-66)62(67)56-52-48-44-40-36-32-18-16-14-12-10-8-6-4-2/h20,22-23,25,61-62,66-67H,3-19,21,24,26-60H2,1-2H3,(H,65,68)/b22-20-,25-23-. The molecule has 0 spiro atoms. The maximum atomic E-state index is 12.5. The summed E-state index contributed by atoms with van der Waals surface area (Å²) < 4.78 is 5.49. The third kappa shape index (κ3) is 55.7. The highest BCUT2D eigenvalue weighted by molar-refractivity contribution is 5.76. The van der Waals surface area contributed by atoms with Crippen LogP contribution in [-0.4, -0.2) is 47.4 Å². The quantitative estimate of drug-likeness (QED) is 0.0321. The summed E-state index contributed by atoms with van der Waals surface area (Å²) in [6.07, 6.45) is 73.3. The first-order chi connectivity index (χ1) is 34.5. The second-order valence-electron chi connectivity index (χ2n) is 21.7. The maximum Gasteiger partial charge on any atom is 0.305 e. The number of allylic oxidation sites excluding steroid dienone is 4. The normalized spacial score (nSPS) is 12.7. The monoisotopic (exact) mass is 986 g/mol. The van der Waals surface area contributed by atoms with E-state index in [1.165, 1.54) is 270 Å². The van der Waals surface area contributed by atoms with E-state index in [0.717, 1.165) is 44.9 Å². The lowest BCUT2D eigenvalue weighted by molar-refractivity contribution is -0.143. The van der Waals surface area contributed by atoms with Crippen LogP contribution in [0.25, 0.3) is 0 Å². The first kappa shape index (κ1) is 68.3. The molecule has 3 N–H and O–H groups in total.